The molecule has 0 spiro atoms. The van der Waals surface area contributed by atoms with Gasteiger partial charge in [0.05, 0.1) is 22.4 Å². The van der Waals surface area contributed by atoms with Crippen molar-refractivity contribution >= 4 is 44.3 Å². The summed E-state index contributed by atoms with van der Waals surface area (Å²) in [5.41, 5.74) is 6.52. The Morgan fingerprint density at radius 1 is 1.28 bits per heavy atom. The minimum Gasteiger partial charge on any atom is -0.383 e. The number of nitrogens with two attached hydrogens (primary N) is 1. The van der Waals surface area contributed by atoms with E-state index < -0.39 is 0 Å². The Kier molecular flexibility index (Phi) is 2.64. The van der Waals surface area contributed by atoms with Crippen molar-refractivity contribution in [2.24, 2.45) is 0 Å². The van der Waals surface area contributed by atoms with E-state index in [1.54, 1.807) is 18.6 Å². The lowest BCUT2D eigenvalue weighted by atomic mass is 10.3. The van der Waals surface area contributed by atoms with E-state index in [-0.39, 0.29) is 11.0 Å². The highest BCUT2D eigenvalue weighted by atomic mass is 79.9. The Hall–Kier alpha value is -1.73. The van der Waals surface area contributed by atoms with E-state index in [0.717, 1.165) is 10.9 Å². The van der Waals surface area contributed by atoms with Gasteiger partial charge in [0.25, 0.3) is 5.95 Å². The average Bonchev–Trinajstić information content (AvgIpc) is 2.79. The highest BCUT2D eigenvalue weighted by Crippen LogP contribution is 2.26. The van der Waals surface area contributed by atoms with Gasteiger partial charge in [-0.3, -0.25) is 4.98 Å². The molecule has 0 saturated carbocycles. The van der Waals surface area contributed by atoms with Crippen LogP contribution in [0.15, 0.2) is 29.1 Å². The molecule has 2 N–H and O–H groups in total. The average molecular weight is 326 g/mol. The molecule has 0 unspecified atom stereocenters. The van der Waals surface area contributed by atoms with E-state index in [9.17, 15) is 0 Å². The van der Waals surface area contributed by atoms with Crippen molar-refractivity contribution in [3.05, 3.63) is 34.3 Å². The third kappa shape index (κ3) is 1.72. The van der Waals surface area contributed by atoms with Gasteiger partial charge < -0.3 is 5.73 Å². The molecule has 0 amide bonds. The first-order chi connectivity index (χ1) is 8.66. The first kappa shape index (κ1) is 11.4. The predicted octanol–water partition coefficient (Wildman–Crippen LogP) is 2.21. The smallest absolute Gasteiger partial charge is 0.254 e. The fraction of sp³-hybridized carbons (Fsp3) is 0. The third-order valence-electron chi connectivity index (χ3n) is 2.39. The molecule has 8 heteroatoms. The summed E-state index contributed by atoms with van der Waals surface area (Å²) in [6.07, 6.45) is 5.07. The molecule has 3 heterocycles. The van der Waals surface area contributed by atoms with Crippen LogP contribution in [-0.4, -0.2) is 24.7 Å². The molecular weight excluding hydrogens is 320 g/mol. The number of aromatic nitrogens is 5. The summed E-state index contributed by atoms with van der Waals surface area (Å²) >= 11 is 9.15. The molecule has 18 heavy (non-hydrogen) atoms. The Labute approximate surface area is 115 Å². The molecule has 90 valence electrons. The standard InChI is InChI=1S/C10H6BrClN6/c11-7-8(12)16-10(17-9(7)13)18-6-4-14-2-1-5(6)3-15-18/h1-4H,(H2,13,16,17). The van der Waals surface area contributed by atoms with Crippen LogP contribution in [0.3, 0.4) is 0 Å². The summed E-state index contributed by atoms with van der Waals surface area (Å²) in [5, 5.41) is 5.38. The zero-order valence-electron chi connectivity index (χ0n) is 8.88. The number of hydrogen-bond acceptors (Lipinski definition) is 5. The molecule has 0 fully saturated rings. The van der Waals surface area contributed by atoms with Gasteiger partial charge in [-0.15, -0.1) is 0 Å². The van der Waals surface area contributed by atoms with Crippen LogP contribution in [0.1, 0.15) is 0 Å². The van der Waals surface area contributed by atoms with Gasteiger partial charge in [0.1, 0.15) is 5.82 Å². The van der Waals surface area contributed by atoms with Crippen LogP contribution in [0.5, 0.6) is 0 Å². The number of nitrogen functional groups attached to an aromatic ring is 1. The minimum absolute atomic E-state index is 0.241. The number of pyridine rings is 1. The lowest BCUT2D eigenvalue weighted by molar-refractivity contribution is 0.832. The van der Waals surface area contributed by atoms with Gasteiger partial charge in [0.15, 0.2) is 5.15 Å². The van der Waals surface area contributed by atoms with Gasteiger partial charge in [-0.2, -0.15) is 19.7 Å². The number of fused-ring (bicyclic) bond motifs is 1. The maximum absolute atomic E-state index is 5.95. The van der Waals surface area contributed by atoms with Crippen LogP contribution >= 0.6 is 27.5 Å². The molecule has 3 aromatic heterocycles. The summed E-state index contributed by atoms with van der Waals surface area (Å²) in [7, 11) is 0. The van der Waals surface area contributed by atoms with Crippen molar-refractivity contribution in [2.45, 2.75) is 0 Å². The summed E-state index contributed by atoms with van der Waals surface area (Å²) < 4.78 is 2.01. The van der Waals surface area contributed by atoms with Crippen molar-refractivity contribution < 1.29 is 0 Å². The van der Waals surface area contributed by atoms with Gasteiger partial charge in [-0.1, -0.05) is 11.6 Å². The van der Waals surface area contributed by atoms with E-state index in [0.29, 0.717) is 10.4 Å². The summed E-state index contributed by atoms with van der Waals surface area (Å²) in [6, 6.07) is 1.85. The Morgan fingerprint density at radius 3 is 2.89 bits per heavy atom. The summed E-state index contributed by atoms with van der Waals surface area (Å²) in [6.45, 7) is 0. The molecule has 0 atom stereocenters. The van der Waals surface area contributed by atoms with Crippen LogP contribution in [-0.2, 0) is 0 Å². The lowest BCUT2D eigenvalue weighted by Gasteiger charge is -2.05. The van der Waals surface area contributed by atoms with Gasteiger partial charge in [0.2, 0.25) is 0 Å². The Balaban J connectivity index is 2.26. The monoisotopic (exact) mass is 324 g/mol. The molecule has 6 nitrogen and oxygen atoms in total. The molecule has 0 radical (unpaired) electrons. The molecular formula is C10H6BrClN6. The van der Waals surface area contributed by atoms with Gasteiger partial charge in [-0.05, 0) is 22.0 Å². The molecule has 3 aromatic rings. The van der Waals surface area contributed by atoms with Crippen molar-refractivity contribution in [2.75, 3.05) is 5.73 Å². The van der Waals surface area contributed by atoms with E-state index in [1.165, 1.54) is 4.68 Å². The van der Waals surface area contributed by atoms with Crippen LogP contribution < -0.4 is 5.73 Å². The van der Waals surface area contributed by atoms with Crippen LogP contribution in [0.25, 0.3) is 16.9 Å². The fourth-order valence-electron chi connectivity index (χ4n) is 1.54. The molecule has 0 aliphatic rings. The number of nitrogens with zero attached hydrogens (tertiary/aromatic N) is 5. The molecule has 0 aliphatic carbocycles. The first-order valence-corrected chi connectivity index (χ1v) is 6.10. The molecule has 0 aliphatic heterocycles. The van der Waals surface area contributed by atoms with Gasteiger partial charge in [-0.25, -0.2) is 0 Å². The van der Waals surface area contributed by atoms with E-state index in [4.69, 9.17) is 17.3 Å². The second kappa shape index (κ2) is 4.18. The number of halogens is 2. The van der Waals surface area contributed by atoms with Crippen molar-refractivity contribution in [1.29, 1.82) is 0 Å². The maximum atomic E-state index is 5.95. The fourth-order valence-corrected chi connectivity index (χ4v) is 1.89. The Bertz CT molecular complexity index is 717. The molecule has 3 rings (SSSR count). The van der Waals surface area contributed by atoms with Crippen LogP contribution in [0, 0.1) is 0 Å². The molecule has 0 saturated heterocycles. The maximum Gasteiger partial charge on any atom is 0.254 e. The predicted molar refractivity (Wildman–Crippen MR) is 71.6 cm³/mol. The van der Waals surface area contributed by atoms with E-state index >= 15 is 0 Å². The third-order valence-corrected chi connectivity index (χ3v) is 3.67. The lowest BCUT2D eigenvalue weighted by Crippen LogP contribution is -2.06. The first-order valence-electron chi connectivity index (χ1n) is 4.93. The van der Waals surface area contributed by atoms with Gasteiger partial charge in [0, 0.05) is 11.6 Å². The number of anilines is 1. The second-order valence-electron chi connectivity index (χ2n) is 3.50. The number of rotatable bonds is 1. The van der Waals surface area contributed by atoms with Crippen LogP contribution in [0.2, 0.25) is 5.15 Å². The summed E-state index contributed by atoms with van der Waals surface area (Å²) in [4.78, 5) is 12.3. The highest BCUT2D eigenvalue weighted by molar-refractivity contribution is 9.10. The zero-order valence-corrected chi connectivity index (χ0v) is 11.2. The largest absolute Gasteiger partial charge is 0.383 e. The van der Waals surface area contributed by atoms with E-state index in [2.05, 4.69) is 36.0 Å². The molecule has 0 aromatic carbocycles. The highest BCUT2D eigenvalue weighted by Gasteiger charge is 2.12. The number of hydrogen-bond donors (Lipinski definition) is 1. The topological polar surface area (TPSA) is 82.5 Å². The van der Waals surface area contributed by atoms with Crippen molar-refractivity contribution in [3.63, 3.8) is 0 Å². The second-order valence-corrected chi connectivity index (χ2v) is 4.66. The minimum atomic E-state index is 0.241. The van der Waals surface area contributed by atoms with Gasteiger partial charge >= 0.3 is 0 Å². The quantitative estimate of drug-likeness (QED) is 0.694. The normalized spacial score (nSPS) is 11.0. The zero-order chi connectivity index (χ0) is 12.7. The van der Waals surface area contributed by atoms with Crippen LogP contribution in [0.4, 0.5) is 5.82 Å². The SMILES string of the molecule is Nc1nc(-n2ncc3ccncc32)nc(Cl)c1Br. The van der Waals surface area contributed by atoms with E-state index in [1.807, 2.05) is 6.07 Å². The van der Waals surface area contributed by atoms with Crippen molar-refractivity contribution in [3.8, 4) is 5.95 Å². The molecule has 0 bridgehead atoms. The summed E-state index contributed by atoms with van der Waals surface area (Å²) in [5.74, 6) is 0.571. The Morgan fingerprint density at radius 2 is 2.11 bits per heavy atom. The van der Waals surface area contributed by atoms with Crippen molar-refractivity contribution in [1.82, 2.24) is 24.7 Å².